The second-order valence-corrected chi connectivity index (χ2v) is 4.12. The van der Waals surface area contributed by atoms with E-state index in [0.717, 1.165) is 0 Å². The number of phenolic OH excluding ortho intramolecular Hbond substituents is 1. The predicted molar refractivity (Wildman–Crippen MR) is 64.6 cm³/mol. The SMILES string of the molecule is N[C@@H](c1ccc(O)c2ccccc12)C(F)(F)CO. The lowest BCUT2D eigenvalue weighted by Gasteiger charge is -2.23. The Balaban J connectivity index is 2.62. The smallest absolute Gasteiger partial charge is 0.289 e. The first-order valence-electron chi connectivity index (χ1n) is 5.42. The number of phenols is 1. The van der Waals surface area contributed by atoms with E-state index in [4.69, 9.17) is 10.8 Å². The average molecular weight is 253 g/mol. The fourth-order valence-electron chi connectivity index (χ4n) is 1.90. The van der Waals surface area contributed by atoms with Gasteiger partial charge in [0, 0.05) is 5.39 Å². The fourth-order valence-corrected chi connectivity index (χ4v) is 1.90. The second kappa shape index (κ2) is 4.51. The molecule has 0 saturated carbocycles. The highest BCUT2D eigenvalue weighted by Crippen LogP contribution is 2.35. The molecule has 0 aromatic heterocycles. The molecule has 3 nitrogen and oxygen atoms in total. The van der Waals surface area contributed by atoms with Gasteiger partial charge in [-0.15, -0.1) is 0 Å². The van der Waals surface area contributed by atoms with Gasteiger partial charge in [0.1, 0.15) is 12.4 Å². The largest absolute Gasteiger partial charge is 0.507 e. The van der Waals surface area contributed by atoms with Crippen molar-refractivity contribution in [1.82, 2.24) is 0 Å². The number of alkyl halides is 2. The monoisotopic (exact) mass is 253 g/mol. The summed E-state index contributed by atoms with van der Waals surface area (Å²) in [6, 6.07) is 7.66. The van der Waals surface area contributed by atoms with Gasteiger partial charge in [-0.25, -0.2) is 8.78 Å². The lowest BCUT2D eigenvalue weighted by molar-refractivity contribution is -0.0708. The first-order valence-corrected chi connectivity index (χ1v) is 5.42. The van der Waals surface area contributed by atoms with E-state index in [2.05, 4.69) is 0 Å². The minimum Gasteiger partial charge on any atom is -0.507 e. The fraction of sp³-hybridized carbons (Fsp3) is 0.231. The number of aromatic hydroxyl groups is 1. The molecule has 0 saturated heterocycles. The highest BCUT2D eigenvalue weighted by atomic mass is 19.3. The van der Waals surface area contributed by atoms with Gasteiger partial charge in [-0.1, -0.05) is 30.3 Å². The Kier molecular flexibility index (Phi) is 3.19. The Labute approximate surface area is 102 Å². The summed E-state index contributed by atoms with van der Waals surface area (Å²) >= 11 is 0. The van der Waals surface area contributed by atoms with Crippen molar-refractivity contribution in [2.24, 2.45) is 5.73 Å². The van der Waals surface area contributed by atoms with Gasteiger partial charge in [0.05, 0.1) is 6.04 Å². The number of aliphatic hydroxyl groups is 1. The third-order valence-electron chi connectivity index (χ3n) is 2.94. The molecule has 0 aliphatic carbocycles. The van der Waals surface area contributed by atoms with Gasteiger partial charge < -0.3 is 15.9 Å². The highest BCUT2D eigenvalue weighted by molar-refractivity contribution is 5.91. The zero-order chi connectivity index (χ0) is 13.3. The van der Waals surface area contributed by atoms with Crippen LogP contribution in [0.4, 0.5) is 8.78 Å². The molecule has 18 heavy (non-hydrogen) atoms. The maximum Gasteiger partial charge on any atom is 0.289 e. The second-order valence-electron chi connectivity index (χ2n) is 4.12. The van der Waals surface area contributed by atoms with Crippen LogP contribution < -0.4 is 5.73 Å². The molecule has 96 valence electrons. The Morgan fingerprint density at radius 2 is 1.72 bits per heavy atom. The van der Waals surface area contributed by atoms with Crippen LogP contribution >= 0.6 is 0 Å². The molecule has 0 radical (unpaired) electrons. The van der Waals surface area contributed by atoms with Crippen molar-refractivity contribution < 1.29 is 19.0 Å². The molecule has 2 aromatic carbocycles. The Morgan fingerprint density at radius 1 is 1.11 bits per heavy atom. The van der Waals surface area contributed by atoms with E-state index in [1.165, 1.54) is 12.1 Å². The molecule has 0 bridgehead atoms. The number of halogens is 2. The van der Waals surface area contributed by atoms with Crippen LogP contribution in [-0.2, 0) is 0 Å². The van der Waals surface area contributed by atoms with Crippen molar-refractivity contribution in [2.45, 2.75) is 12.0 Å². The van der Waals surface area contributed by atoms with Crippen molar-refractivity contribution in [2.75, 3.05) is 6.61 Å². The third kappa shape index (κ3) is 2.02. The summed E-state index contributed by atoms with van der Waals surface area (Å²) < 4.78 is 26.8. The van der Waals surface area contributed by atoms with Crippen LogP contribution in [0.25, 0.3) is 10.8 Å². The van der Waals surface area contributed by atoms with Crippen LogP contribution in [0, 0.1) is 0 Å². The molecule has 1 atom stereocenters. The number of rotatable bonds is 3. The Bertz CT molecular complexity index is 572. The van der Waals surface area contributed by atoms with Gasteiger partial charge in [0.15, 0.2) is 0 Å². The summed E-state index contributed by atoms with van der Waals surface area (Å²) in [6.07, 6.45) is 0. The Hall–Kier alpha value is -1.72. The Morgan fingerprint density at radius 3 is 2.33 bits per heavy atom. The van der Waals surface area contributed by atoms with Crippen molar-refractivity contribution in [3.63, 3.8) is 0 Å². The number of hydrogen-bond acceptors (Lipinski definition) is 3. The minimum atomic E-state index is -3.40. The molecule has 2 aromatic rings. The molecule has 0 aliphatic rings. The summed E-state index contributed by atoms with van der Waals surface area (Å²) in [5, 5.41) is 19.2. The molecule has 4 N–H and O–H groups in total. The van der Waals surface area contributed by atoms with E-state index in [1.54, 1.807) is 24.3 Å². The molecule has 0 unspecified atom stereocenters. The van der Waals surface area contributed by atoms with E-state index in [0.29, 0.717) is 10.8 Å². The number of nitrogens with two attached hydrogens (primary N) is 1. The minimum absolute atomic E-state index is 0.00821. The normalized spacial score (nSPS) is 13.8. The summed E-state index contributed by atoms with van der Waals surface area (Å²) in [5.41, 5.74) is 5.70. The van der Waals surface area contributed by atoms with Crippen molar-refractivity contribution >= 4 is 10.8 Å². The molecule has 0 fully saturated rings. The zero-order valence-electron chi connectivity index (χ0n) is 9.48. The van der Waals surface area contributed by atoms with Crippen molar-refractivity contribution in [3.8, 4) is 5.75 Å². The number of aliphatic hydroxyl groups excluding tert-OH is 1. The predicted octanol–water partition coefficient (Wildman–Crippen LogP) is 2.17. The van der Waals surface area contributed by atoms with E-state index < -0.39 is 18.6 Å². The van der Waals surface area contributed by atoms with Gasteiger partial charge >= 0.3 is 0 Å². The van der Waals surface area contributed by atoms with Crippen LogP contribution in [0.1, 0.15) is 11.6 Å². The van der Waals surface area contributed by atoms with Crippen molar-refractivity contribution in [1.29, 1.82) is 0 Å². The highest BCUT2D eigenvalue weighted by Gasteiger charge is 2.38. The van der Waals surface area contributed by atoms with E-state index >= 15 is 0 Å². The molecule has 0 spiro atoms. The van der Waals surface area contributed by atoms with Gasteiger partial charge in [0.2, 0.25) is 0 Å². The number of fused-ring (bicyclic) bond motifs is 1. The maximum atomic E-state index is 13.4. The van der Waals surface area contributed by atoms with Crippen LogP contribution in [0.15, 0.2) is 36.4 Å². The lowest BCUT2D eigenvalue weighted by Crippen LogP contribution is -2.36. The topological polar surface area (TPSA) is 66.5 Å². The van der Waals surface area contributed by atoms with Gasteiger partial charge in [-0.3, -0.25) is 0 Å². The molecule has 5 heteroatoms. The molecule has 0 aliphatic heterocycles. The zero-order valence-corrected chi connectivity index (χ0v) is 9.48. The van der Waals surface area contributed by atoms with E-state index in [-0.39, 0.29) is 11.3 Å². The third-order valence-corrected chi connectivity index (χ3v) is 2.94. The number of benzene rings is 2. The van der Waals surface area contributed by atoms with Crippen LogP contribution in [0.3, 0.4) is 0 Å². The van der Waals surface area contributed by atoms with Crippen LogP contribution in [0.5, 0.6) is 5.75 Å². The standard InChI is InChI=1S/C13H13F2NO2/c14-13(15,7-17)12(16)10-5-6-11(18)9-4-2-1-3-8(9)10/h1-6,12,17-18H,7,16H2/t12-/m0/s1. The average Bonchev–Trinajstić information content (AvgIpc) is 2.39. The van der Waals surface area contributed by atoms with Gasteiger partial charge in [0.25, 0.3) is 5.92 Å². The number of hydrogen-bond donors (Lipinski definition) is 3. The first kappa shape index (κ1) is 12.7. The first-order chi connectivity index (χ1) is 8.47. The van der Waals surface area contributed by atoms with Gasteiger partial charge in [-0.05, 0) is 17.0 Å². The van der Waals surface area contributed by atoms with Crippen LogP contribution in [0.2, 0.25) is 0 Å². The lowest BCUT2D eigenvalue weighted by atomic mass is 9.95. The molecule has 0 amide bonds. The van der Waals surface area contributed by atoms with E-state index in [9.17, 15) is 13.9 Å². The van der Waals surface area contributed by atoms with Crippen molar-refractivity contribution in [3.05, 3.63) is 42.0 Å². The maximum absolute atomic E-state index is 13.4. The summed E-state index contributed by atoms with van der Waals surface area (Å²) in [5.74, 6) is -3.39. The van der Waals surface area contributed by atoms with Gasteiger partial charge in [-0.2, -0.15) is 0 Å². The van der Waals surface area contributed by atoms with Crippen LogP contribution in [-0.4, -0.2) is 22.7 Å². The molecule has 2 rings (SSSR count). The van der Waals surface area contributed by atoms with E-state index in [1.807, 2.05) is 0 Å². The summed E-state index contributed by atoms with van der Waals surface area (Å²) in [6.45, 7) is -1.32. The molecular weight excluding hydrogens is 240 g/mol. The summed E-state index contributed by atoms with van der Waals surface area (Å²) in [4.78, 5) is 0. The summed E-state index contributed by atoms with van der Waals surface area (Å²) in [7, 11) is 0. The molecular formula is C13H13F2NO2. The quantitative estimate of drug-likeness (QED) is 0.785. The molecule has 0 heterocycles.